The Balaban J connectivity index is 2.24. The lowest BCUT2D eigenvalue weighted by Gasteiger charge is -2.33. The van der Waals surface area contributed by atoms with Gasteiger partial charge in [0.2, 0.25) is 0 Å². The van der Waals surface area contributed by atoms with Crippen molar-refractivity contribution in [1.29, 1.82) is 0 Å². The van der Waals surface area contributed by atoms with E-state index < -0.39 is 0 Å². The molecule has 0 saturated carbocycles. The molecular formula is C12H17N3OS. The minimum atomic E-state index is 0.00259. The van der Waals surface area contributed by atoms with Crippen molar-refractivity contribution in [1.82, 2.24) is 9.88 Å². The van der Waals surface area contributed by atoms with Crippen LogP contribution in [0.4, 0.5) is 5.69 Å². The summed E-state index contributed by atoms with van der Waals surface area (Å²) in [5, 5.41) is 0. The quantitative estimate of drug-likeness (QED) is 0.822. The highest BCUT2D eigenvalue weighted by Crippen LogP contribution is 2.21. The molecule has 1 aliphatic rings. The van der Waals surface area contributed by atoms with Crippen molar-refractivity contribution >= 4 is 23.4 Å². The highest BCUT2D eigenvalue weighted by atomic mass is 32.2. The van der Waals surface area contributed by atoms with Crippen molar-refractivity contribution < 1.29 is 4.79 Å². The lowest BCUT2D eigenvalue weighted by molar-refractivity contribution is 0.0716. The Morgan fingerprint density at radius 3 is 3.06 bits per heavy atom. The number of carbonyl (C=O) groups is 1. The average molecular weight is 251 g/mol. The second kappa shape index (κ2) is 4.96. The van der Waals surface area contributed by atoms with Crippen molar-refractivity contribution in [3.8, 4) is 0 Å². The van der Waals surface area contributed by atoms with Gasteiger partial charge in [0.25, 0.3) is 5.91 Å². The molecule has 1 fully saturated rings. The van der Waals surface area contributed by atoms with Crippen LogP contribution in [-0.4, -0.2) is 39.9 Å². The SMILES string of the molecule is Cc1cc(N)c(C(=O)N2CCSCC2C)cn1. The molecule has 1 unspecified atom stereocenters. The molecule has 0 spiro atoms. The molecular weight excluding hydrogens is 234 g/mol. The van der Waals surface area contributed by atoms with Crippen molar-refractivity contribution in [2.45, 2.75) is 19.9 Å². The number of thioether (sulfide) groups is 1. The summed E-state index contributed by atoms with van der Waals surface area (Å²) < 4.78 is 0. The fourth-order valence-corrected chi connectivity index (χ4v) is 2.96. The van der Waals surface area contributed by atoms with E-state index in [-0.39, 0.29) is 11.9 Å². The highest BCUT2D eigenvalue weighted by molar-refractivity contribution is 7.99. The van der Waals surface area contributed by atoms with E-state index >= 15 is 0 Å². The minimum Gasteiger partial charge on any atom is -0.398 e. The van der Waals surface area contributed by atoms with E-state index in [1.807, 2.05) is 23.6 Å². The molecule has 2 rings (SSSR count). The zero-order valence-corrected chi connectivity index (χ0v) is 11.0. The molecule has 1 amide bonds. The van der Waals surface area contributed by atoms with Crippen LogP contribution in [0.3, 0.4) is 0 Å². The topological polar surface area (TPSA) is 59.2 Å². The maximum absolute atomic E-state index is 12.3. The summed E-state index contributed by atoms with van der Waals surface area (Å²) in [5.41, 5.74) is 7.76. The van der Waals surface area contributed by atoms with E-state index in [1.165, 1.54) is 0 Å². The largest absolute Gasteiger partial charge is 0.398 e. The summed E-state index contributed by atoms with van der Waals surface area (Å²) in [6.45, 7) is 4.73. The van der Waals surface area contributed by atoms with Crippen LogP contribution in [0.25, 0.3) is 0 Å². The Morgan fingerprint density at radius 1 is 1.65 bits per heavy atom. The minimum absolute atomic E-state index is 0.00259. The Hall–Kier alpha value is -1.23. The predicted octanol–water partition coefficient (Wildman–Crippen LogP) is 1.55. The van der Waals surface area contributed by atoms with E-state index in [4.69, 9.17) is 5.73 Å². The van der Waals surface area contributed by atoms with Crippen molar-refractivity contribution in [2.75, 3.05) is 23.8 Å². The van der Waals surface area contributed by atoms with Gasteiger partial charge in [0.1, 0.15) is 0 Å². The zero-order valence-electron chi connectivity index (χ0n) is 10.1. The van der Waals surface area contributed by atoms with Gasteiger partial charge < -0.3 is 10.6 Å². The van der Waals surface area contributed by atoms with Gasteiger partial charge in [-0.05, 0) is 19.9 Å². The number of hydrogen-bond acceptors (Lipinski definition) is 4. The standard InChI is InChI=1S/C12H17N3OS/c1-8-5-11(13)10(6-14-8)12(16)15-3-4-17-7-9(15)2/h5-6,9H,3-4,7H2,1-2H3,(H2,13,14). The lowest BCUT2D eigenvalue weighted by atomic mass is 10.1. The Bertz CT molecular complexity index is 436. The molecule has 4 nitrogen and oxygen atoms in total. The second-order valence-electron chi connectivity index (χ2n) is 4.34. The van der Waals surface area contributed by atoms with Crippen molar-refractivity contribution in [3.05, 3.63) is 23.5 Å². The predicted molar refractivity (Wildman–Crippen MR) is 71.2 cm³/mol. The van der Waals surface area contributed by atoms with Gasteiger partial charge in [-0.3, -0.25) is 9.78 Å². The van der Waals surface area contributed by atoms with Gasteiger partial charge in [0.15, 0.2) is 0 Å². The van der Waals surface area contributed by atoms with Crippen LogP contribution in [0.1, 0.15) is 23.0 Å². The molecule has 1 atom stereocenters. The summed E-state index contributed by atoms with van der Waals surface area (Å²) in [4.78, 5) is 18.4. The van der Waals surface area contributed by atoms with Gasteiger partial charge >= 0.3 is 0 Å². The first-order valence-electron chi connectivity index (χ1n) is 5.70. The molecule has 1 aromatic heterocycles. The van der Waals surface area contributed by atoms with E-state index in [2.05, 4.69) is 11.9 Å². The molecule has 1 aliphatic heterocycles. The summed E-state index contributed by atoms with van der Waals surface area (Å²) in [6.07, 6.45) is 1.58. The second-order valence-corrected chi connectivity index (χ2v) is 5.49. The summed E-state index contributed by atoms with van der Waals surface area (Å²) in [7, 11) is 0. The van der Waals surface area contributed by atoms with Crippen molar-refractivity contribution in [3.63, 3.8) is 0 Å². The van der Waals surface area contributed by atoms with Crippen molar-refractivity contribution in [2.24, 2.45) is 0 Å². The fourth-order valence-electron chi connectivity index (χ4n) is 1.94. The van der Waals surface area contributed by atoms with E-state index in [0.717, 1.165) is 23.7 Å². The third-order valence-electron chi connectivity index (χ3n) is 2.93. The number of nitrogens with two attached hydrogens (primary N) is 1. The number of pyridine rings is 1. The summed E-state index contributed by atoms with van der Waals surface area (Å²) in [6, 6.07) is 2.01. The summed E-state index contributed by atoms with van der Waals surface area (Å²) in [5.74, 6) is 1.99. The molecule has 2 N–H and O–H groups in total. The molecule has 2 heterocycles. The van der Waals surface area contributed by atoms with E-state index in [0.29, 0.717) is 11.3 Å². The first-order chi connectivity index (χ1) is 8.09. The number of hydrogen-bond donors (Lipinski definition) is 1. The van der Waals surface area contributed by atoms with Crippen LogP contribution in [0.15, 0.2) is 12.3 Å². The fraction of sp³-hybridized carbons (Fsp3) is 0.500. The zero-order chi connectivity index (χ0) is 12.4. The van der Waals surface area contributed by atoms with Crippen LogP contribution in [-0.2, 0) is 0 Å². The number of anilines is 1. The van der Waals surface area contributed by atoms with Crippen LogP contribution < -0.4 is 5.73 Å². The molecule has 0 aromatic carbocycles. The molecule has 1 aromatic rings. The van der Waals surface area contributed by atoms with Crippen LogP contribution in [0.5, 0.6) is 0 Å². The highest BCUT2D eigenvalue weighted by Gasteiger charge is 2.25. The number of aryl methyl sites for hydroxylation is 1. The van der Waals surface area contributed by atoms with E-state index in [1.54, 1.807) is 12.3 Å². The van der Waals surface area contributed by atoms with E-state index in [9.17, 15) is 4.79 Å². The Labute approximate surface area is 106 Å². The molecule has 5 heteroatoms. The van der Waals surface area contributed by atoms with Gasteiger partial charge in [-0.15, -0.1) is 0 Å². The normalized spacial score (nSPS) is 20.4. The lowest BCUT2D eigenvalue weighted by Crippen LogP contribution is -2.44. The smallest absolute Gasteiger partial charge is 0.257 e. The number of nitrogen functional groups attached to an aromatic ring is 1. The maximum atomic E-state index is 12.3. The van der Waals surface area contributed by atoms with Crippen LogP contribution >= 0.6 is 11.8 Å². The number of aromatic nitrogens is 1. The number of amides is 1. The molecule has 1 saturated heterocycles. The first kappa shape index (κ1) is 12.2. The first-order valence-corrected chi connectivity index (χ1v) is 6.86. The third kappa shape index (κ3) is 2.54. The van der Waals surface area contributed by atoms with Crippen LogP contribution in [0, 0.1) is 6.92 Å². The monoisotopic (exact) mass is 251 g/mol. The van der Waals surface area contributed by atoms with Gasteiger partial charge in [-0.2, -0.15) is 11.8 Å². The Kier molecular flexibility index (Phi) is 3.57. The average Bonchev–Trinajstić information content (AvgIpc) is 2.29. The summed E-state index contributed by atoms with van der Waals surface area (Å²) >= 11 is 1.89. The molecule has 0 radical (unpaired) electrons. The van der Waals surface area contributed by atoms with Gasteiger partial charge in [0, 0.05) is 41.7 Å². The van der Waals surface area contributed by atoms with Gasteiger partial charge in [-0.1, -0.05) is 0 Å². The number of carbonyl (C=O) groups excluding carboxylic acids is 1. The molecule has 0 aliphatic carbocycles. The van der Waals surface area contributed by atoms with Gasteiger partial charge in [0.05, 0.1) is 5.56 Å². The molecule has 0 bridgehead atoms. The van der Waals surface area contributed by atoms with Crippen LogP contribution in [0.2, 0.25) is 0 Å². The maximum Gasteiger partial charge on any atom is 0.257 e. The molecule has 92 valence electrons. The third-order valence-corrected chi connectivity index (χ3v) is 4.12. The number of rotatable bonds is 1. The number of nitrogens with zero attached hydrogens (tertiary/aromatic N) is 2. The molecule has 17 heavy (non-hydrogen) atoms. The Morgan fingerprint density at radius 2 is 2.41 bits per heavy atom. The van der Waals surface area contributed by atoms with Gasteiger partial charge in [-0.25, -0.2) is 0 Å².